The van der Waals surface area contributed by atoms with Gasteiger partial charge in [-0.25, -0.2) is 19.6 Å². The first-order valence-corrected chi connectivity index (χ1v) is 21.0. The molecule has 0 bridgehead atoms. The number of fused-ring (bicyclic) bond motifs is 6. The Kier molecular flexibility index (Phi) is 11.6. The van der Waals surface area contributed by atoms with Crippen LogP contribution >= 0.6 is 0 Å². The van der Waals surface area contributed by atoms with Crippen LogP contribution in [0.15, 0.2) is 48.7 Å². The number of likely N-dealkylation sites (tertiary alicyclic amines) is 2. The van der Waals surface area contributed by atoms with E-state index in [0.717, 1.165) is 61.9 Å². The second-order valence-electron chi connectivity index (χ2n) is 16.9. The number of carbonyl (C=O) groups is 4. The van der Waals surface area contributed by atoms with Crippen LogP contribution < -0.4 is 15.4 Å². The molecule has 3 aliphatic rings. The average Bonchev–Trinajstić information content (AvgIpc) is 4.09. The molecule has 16 nitrogen and oxygen atoms in total. The van der Waals surface area contributed by atoms with Gasteiger partial charge < -0.3 is 49.3 Å². The molecule has 6 atom stereocenters. The summed E-state index contributed by atoms with van der Waals surface area (Å²) < 4.78 is 21.5. The van der Waals surface area contributed by atoms with Gasteiger partial charge in [-0.1, -0.05) is 45.9 Å². The molecule has 3 aromatic carbocycles. The molecule has 5 aromatic rings. The molecule has 2 saturated heterocycles. The fourth-order valence-corrected chi connectivity index (χ4v) is 9.23. The lowest BCUT2D eigenvalue weighted by Crippen LogP contribution is -2.51. The number of benzene rings is 3. The molecule has 0 saturated carbocycles. The fraction of sp³-hybridized carbons (Fsp3) is 0.467. The van der Waals surface area contributed by atoms with Crippen LogP contribution in [0, 0.1) is 17.8 Å². The van der Waals surface area contributed by atoms with E-state index in [0.29, 0.717) is 50.8 Å². The summed E-state index contributed by atoms with van der Waals surface area (Å²) in [5.74, 6) is 2.03. The third-order valence-electron chi connectivity index (χ3n) is 12.3. The molecule has 5 heterocycles. The van der Waals surface area contributed by atoms with Gasteiger partial charge in [-0.2, -0.15) is 0 Å². The largest absolute Gasteiger partial charge is 0.488 e. The SMILES string of the molecule is CCC(NC(=O)OC)C(=O)N1CC(COC)CC1c1nc2c(ccc3cc4c(cc32)OCc2cc(-c3cnc(C5CC(C)CN5C(=O)C(NC(=O)OC)C(C)C)[nH]3)ccc2-4)[nH]1. The lowest BCUT2D eigenvalue weighted by Gasteiger charge is -2.30. The first-order valence-electron chi connectivity index (χ1n) is 21.0. The maximum Gasteiger partial charge on any atom is 0.407 e. The van der Waals surface area contributed by atoms with Gasteiger partial charge in [-0.15, -0.1) is 0 Å². The standard InChI is InChI=1S/C45H54N8O8/c1-8-32(49-44(56)59-6)42(54)53-20-25(21-58-5)14-36(53)41-47-33-12-10-26-16-31-29-11-9-27(15-28(29)22-61-37(31)17-30(26)39(33)50-41)34-18-46-40(48-34)35-13-24(4)19-52(35)43(55)38(23(2)3)51-45(57)60-7/h9-12,15-18,23-25,32,35-36,38H,8,13-14,19-22H2,1-7H3,(H,46,48)(H,47,50)(H,49,56)(H,51,57). The van der Waals surface area contributed by atoms with Crippen molar-refractivity contribution in [3.8, 4) is 28.1 Å². The van der Waals surface area contributed by atoms with Gasteiger partial charge in [-0.3, -0.25) is 9.59 Å². The second-order valence-corrected chi connectivity index (χ2v) is 16.9. The van der Waals surface area contributed by atoms with Crippen LogP contribution in [0.25, 0.3) is 44.2 Å². The monoisotopic (exact) mass is 834 g/mol. The van der Waals surface area contributed by atoms with Crippen LogP contribution in [0.1, 0.15) is 76.3 Å². The number of H-pyrrole nitrogens is 2. The van der Waals surface area contributed by atoms with E-state index in [-0.39, 0.29) is 41.7 Å². The highest BCUT2D eigenvalue weighted by Gasteiger charge is 2.42. The van der Waals surface area contributed by atoms with E-state index < -0.39 is 24.3 Å². The van der Waals surface area contributed by atoms with Gasteiger partial charge in [0.2, 0.25) is 11.8 Å². The van der Waals surface area contributed by atoms with E-state index >= 15 is 0 Å². The quantitative estimate of drug-likeness (QED) is 0.112. The van der Waals surface area contributed by atoms with Gasteiger partial charge in [-0.05, 0) is 77.4 Å². The summed E-state index contributed by atoms with van der Waals surface area (Å²) in [6.07, 6.45) is 2.35. The van der Waals surface area contributed by atoms with Gasteiger partial charge in [0.05, 0.1) is 55.8 Å². The smallest absolute Gasteiger partial charge is 0.407 e. The molecule has 2 fully saturated rings. The Morgan fingerprint density at radius 2 is 1.64 bits per heavy atom. The summed E-state index contributed by atoms with van der Waals surface area (Å²) in [4.78, 5) is 72.3. The number of hydrogen-bond donors (Lipinski definition) is 4. The lowest BCUT2D eigenvalue weighted by atomic mass is 9.92. The Labute approximate surface area is 354 Å². The minimum absolute atomic E-state index is 0.105. The molecule has 0 radical (unpaired) electrons. The Bertz CT molecular complexity index is 2480. The van der Waals surface area contributed by atoms with Crippen molar-refractivity contribution in [2.75, 3.05) is 41.0 Å². The predicted molar refractivity (Wildman–Crippen MR) is 227 cm³/mol. The van der Waals surface area contributed by atoms with E-state index in [4.69, 9.17) is 28.9 Å². The Morgan fingerprint density at radius 3 is 2.38 bits per heavy atom. The Balaban J connectivity index is 1.05. The second kappa shape index (κ2) is 17.1. The van der Waals surface area contributed by atoms with Gasteiger partial charge >= 0.3 is 12.2 Å². The topological polar surface area (TPSA) is 193 Å². The first-order chi connectivity index (χ1) is 29.4. The normalized spacial score (nSPS) is 20.6. The van der Waals surface area contributed by atoms with E-state index in [1.165, 1.54) is 14.2 Å². The van der Waals surface area contributed by atoms with Gasteiger partial charge in [0, 0.05) is 37.1 Å². The van der Waals surface area contributed by atoms with Crippen molar-refractivity contribution >= 4 is 45.8 Å². The zero-order valence-electron chi connectivity index (χ0n) is 35.7. The summed E-state index contributed by atoms with van der Waals surface area (Å²) in [7, 11) is 4.23. The maximum absolute atomic E-state index is 13.9. The molecule has 61 heavy (non-hydrogen) atoms. The van der Waals surface area contributed by atoms with E-state index in [9.17, 15) is 19.2 Å². The van der Waals surface area contributed by atoms with Crippen molar-refractivity contribution in [1.29, 1.82) is 0 Å². The van der Waals surface area contributed by atoms with Crippen molar-refractivity contribution in [3.05, 3.63) is 65.9 Å². The van der Waals surface area contributed by atoms with Crippen molar-refractivity contribution in [2.45, 2.75) is 77.7 Å². The molecule has 0 spiro atoms. The number of imidazole rings is 2. The number of rotatable bonds is 11. The number of aromatic amines is 2. The highest BCUT2D eigenvalue weighted by Crippen LogP contribution is 2.44. The van der Waals surface area contributed by atoms with Gasteiger partial charge in [0.1, 0.15) is 36.1 Å². The number of nitrogens with one attached hydrogen (secondary N) is 4. The molecule has 322 valence electrons. The molecule has 2 aromatic heterocycles. The van der Waals surface area contributed by atoms with Crippen molar-refractivity contribution in [2.24, 2.45) is 17.8 Å². The average molecular weight is 835 g/mol. The van der Waals surface area contributed by atoms with E-state index in [1.54, 1.807) is 12.0 Å². The van der Waals surface area contributed by atoms with Crippen LogP contribution in [0.2, 0.25) is 0 Å². The van der Waals surface area contributed by atoms with Crippen LogP contribution in [0.4, 0.5) is 9.59 Å². The summed E-state index contributed by atoms with van der Waals surface area (Å²) in [6.45, 7) is 9.69. The molecule has 3 aliphatic heterocycles. The van der Waals surface area contributed by atoms with Crippen molar-refractivity contribution in [3.63, 3.8) is 0 Å². The van der Waals surface area contributed by atoms with Crippen LogP contribution in [-0.2, 0) is 30.4 Å². The highest BCUT2D eigenvalue weighted by atomic mass is 16.5. The third-order valence-corrected chi connectivity index (χ3v) is 12.3. The number of methoxy groups -OCH3 is 3. The number of nitrogens with zero attached hydrogens (tertiary/aromatic N) is 4. The zero-order valence-corrected chi connectivity index (χ0v) is 35.7. The number of amides is 4. The zero-order chi connectivity index (χ0) is 43.1. The summed E-state index contributed by atoms with van der Waals surface area (Å²) in [5, 5.41) is 7.33. The molecular weight excluding hydrogens is 781 g/mol. The predicted octanol–water partition coefficient (Wildman–Crippen LogP) is 6.63. The fourth-order valence-electron chi connectivity index (χ4n) is 9.23. The number of aromatic nitrogens is 4. The number of alkyl carbamates (subject to hydrolysis) is 2. The van der Waals surface area contributed by atoms with E-state index in [2.05, 4.69) is 63.9 Å². The Hall–Kier alpha value is -6.16. The van der Waals surface area contributed by atoms with Crippen molar-refractivity contribution in [1.82, 2.24) is 40.4 Å². The Morgan fingerprint density at radius 1 is 0.885 bits per heavy atom. The van der Waals surface area contributed by atoms with Gasteiger partial charge in [0.15, 0.2) is 0 Å². The number of carbonyl (C=O) groups excluding carboxylic acids is 4. The number of hydrogen-bond acceptors (Lipinski definition) is 10. The van der Waals surface area contributed by atoms with Gasteiger partial charge in [0.25, 0.3) is 0 Å². The molecule has 4 N–H and O–H groups in total. The summed E-state index contributed by atoms with van der Waals surface area (Å²) in [5.41, 5.74) is 6.51. The first kappa shape index (κ1) is 41.6. The van der Waals surface area contributed by atoms with Crippen LogP contribution in [0.5, 0.6) is 5.75 Å². The van der Waals surface area contributed by atoms with E-state index in [1.807, 2.05) is 37.9 Å². The molecule has 0 aliphatic carbocycles. The molecular formula is C45H54N8O8. The summed E-state index contributed by atoms with van der Waals surface area (Å²) in [6, 6.07) is 12.5. The van der Waals surface area contributed by atoms with Crippen LogP contribution in [-0.4, -0.2) is 107 Å². The lowest BCUT2D eigenvalue weighted by molar-refractivity contribution is -0.136. The van der Waals surface area contributed by atoms with Crippen molar-refractivity contribution < 1.29 is 38.1 Å². The highest BCUT2D eigenvalue weighted by molar-refractivity contribution is 6.07. The van der Waals surface area contributed by atoms with Crippen LogP contribution in [0.3, 0.4) is 0 Å². The third kappa shape index (κ3) is 7.96. The molecule has 6 unspecified atom stereocenters. The molecule has 16 heteroatoms. The minimum Gasteiger partial charge on any atom is -0.488 e. The molecule has 8 rings (SSSR count). The summed E-state index contributed by atoms with van der Waals surface area (Å²) >= 11 is 0. The minimum atomic E-state index is -0.730. The maximum atomic E-state index is 13.9. The number of ether oxygens (including phenoxy) is 4. The molecule has 4 amide bonds.